The lowest BCUT2D eigenvalue weighted by Gasteiger charge is -2.06. The van der Waals surface area contributed by atoms with Gasteiger partial charge in [0, 0.05) is 23.5 Å². The van der Waals surface area contributed by atoms with Gasteiger partial charge in [-0.1, -0.05) is 0 Å². The number of nitrogens with zero attached hydrogens (tertiary/aromatic N) is 3. The molecule has 2 rings (SSSR count). The molecule has 1 aromatic carbocycles. The Kier molecular flexibility index (Phi) is 2.52. The Balaban J connectivity index is 2.58. The maximum Gasteiger partial charge on any atom is 0.164 e. The van der Waals surface area contributed by atoms with Gasteiger partial charge in [0.15, 0.2) is 5.82 Å². The van der Waals surface area contributed by atoms with Crippen LogP contribution in [0.15, 0.2) is 18.2 Å². The average molecular weight is 217 g/mol. The first-order valence-electron chi connectivity index (χ1n) is 5.18. The molecule has 1 heterocycles. The van der Waals surface area contributed by atoms with E-state index >= 15 is 0 Å². The molecule has 84 valence electrons. The van der Waals surface area contributed by atoms with Gasteiger partial charge in [-0.25, -0.2) is 0 Å². The molecule has 0 saturated heterocycles. The van der Waals surface area contributed by atoms with Crippen molar-refractivity contribution >= 4 is 11.4 Å². The smallest absolute Gasteiger partial charge is 0.164 e. The summed E-state index contributed by atoms with van der Waals surface area (Å²) in [5.74, 6) is 1.69. The normalized spacial score (nSPS) is 10.6. The molecule has 0 aliphatic rings. The summed E-state index contributed by atoms with van der Waals surface area (Å²) in [6.45, 7) is 4.80. The van der Waals surface area contributed by atoms with Crippen molar-refractivity contribution in [2.45, 2.75) is 20.4 Å². The molecule has 0 radical (unpaired) electrons. The van der Waals surface area contributed by atoms with Gasteiger partial charge in [-0.05, 0) is 32.0 Å². The largest absolute Gasteiger partial charge is 0.399 e. The van der Waals surface area contributed by atoms with Gasteiger partial charge in [0.05, 0.1) is 0 Å². The fourth-order valence-electron chi connectivity index (χ4n) is 1.78. The minimum Gasteiger partial charge on any atom is -0.399 e. The number of anilines is 2. The Labute approximate surface area is 94.1 Å². The molecule has 0 spiro atoms. The summed E-state index contributed by atoms with van der Waals surface area (Å²) in [5, 5.41) is 8.20. The molecule has 0 atom stereocenters. The number of aromatic nitrogens is 3. The predicted octanol–water partition coefficient (Wildman–Crippen LogP) is 1.44. The second-order valence-electron chi connectivity index (χ2n) is 3.70. The molecule has 4 N–H and O–H groups in total. The quantitative estimate of drug-likeness (QED) is 0.745. The predicted molar refractivity (Wildman–Crippen MR) is 64.7 cm³/mol. The molecule has 0 amide bonds. The first-order valence-corrected chi connectivity index (χ1v) is 5.18. The first kappa shape index (κ1) is 10.5. The zero-order valence-corrected chi connectivity index (χ0v) is 9.44. The van der Waals surface area contributed by atoms with Crippen LogP contribution in [0.25, 0.3) is 11.4 Å². The van der Waals surface area contributed by atoms with Gasteiger partial charge in [-0.3, -0.25) is 0 Å². The van der Waals surface area contributed by atoms with E-state index in [-0.39, 0.29) is 0 Å². The Hall–Kier alpha value is -2.04. The Bertz CT molecular complexity index is 495. The molecule has 5 nitrogen and oxygen atoms in total. The monoisotopic (exact) mass is 217 g/mol. The standard InChI is InChI=1S/C11H15N5/c1-3-16-7(2)14-15-11(16)8-4-9(12)6-10(13)5-8/h4-6H,3,12-13H2,1-2H3. The highest BCUT2D eigenvalue weighted by Crippen LogP contribution is 2.23. The van der Waals surface area contributed by atoms with Crippen LogP contribution < -0.4 is 11.5 Å². The van der Waals surface area contributed by atoms with E-state index in [4.69, 9.17) is 11.5 Å². The average Bonchev–Trinajstić information content (AvgIpc) is 2.58. The van der Waals surface area contributed by atoms with E-state index in [1.807, 2.05) is 23.6 Å². The van der Waals surface area contributed by atoms with E-state index in [0.717, 1.165) is 23.8 Å². The van der Waals surface area contributed by atoms with Gasteiger partial charge in [-0.15, -0.1) is 10.2 Å². The third kappa shape index (κ3) is 1.71. The van der Waals surface area contributed by atoms with Crippen molar-refractivity contribution in [3.63, 3.8) is 0 Å². The summed E-state index contributed by atoms with van der Waals surface area (Å²) in [4.78, 5) is 0. The maximum absolute atomic E-state index is 5.76. The molecular weight excluding hydrogens is 202 g/mol. The van der Waals surface area contributed by atoms with Gasteiger partial charge >= 0.3 is 0 Å². The van der Waals surface area contributed by atoms with Crippen LogP contribution in [0.1, 0.15) is 12.7 Å². The summed E-state index contributed by atoms with van der Waals surface area (Å²) in [6.07, 6.45) is 0. The van der Waals surface area contributed by atoms with Gasteiger partial charge in [-0.2, -0.15) is 0 Å². The molecule has 2 aromatic rings. The van der Waals surface area contributed by atoms with Gasteiger partial charge in [0.1, 0.15) is 5.82 Å². The van der Waals surface area contributed by atoms with E-state index in [1.54, 1.807) is 6.07 Å². The molecule has 16 heavy (non-hydrogen) atoms. The number of hydrogen-bond acceptors (Lipinski definition) is 4. The third-order valence-corrected chi connectivity index (χ3v) is 2.49. The first-order chi connectivity index (χ1) is 7.61. The van der Waals surface area contributed by atoms with Gasteiger partial charge < -0.3 is 16.0 Å². The summed E-state index contributed by atoms with van der Waals surface area (Å²) >= 11 is 0. The van der Waals surface area contributed by atoms with Gasteiger partial charge in [0.2, 0.25) is 0 Å². The van der Waals surface area contributed by atoms with Crippen LogP contribution in [-0.4, -0.2) is 14.8 Å². The highest BCUT2D eigenvalue weighted by atomic mass is 15.3. The van der Waals surface area contributed by atoms with E-state index in [1.165, 1.54) is 0 Å². The summed E-state index contributed by atoms with van der Waals surface area (Å²) in [7, 11) is 0. The van der Waals surface area contributed by atoms with Crippen molar-refractivity contribution in [3.05, 3.63) is 24.0 Å². The number of nitrogens with two attached hydrogens (primary N) is 2. The van der Waals surface area contributed by atoms with Crippen LogP contribution in [0.2, 0.25) is 0 Å². The van der Waals surface area contributed by atoms with Crippen molar-refractivity contribution in [1.29, 1.82) is 0 Å². The van der Waals surface area contributed by atoms with Crippen LogP contribution in [0.3, 0.4) is 0 Å². The van der Waals surface area contributed by atoms with E-state index in [9.17, 15) is 0 Å². The molecule has 0 aliphatic carbocycles. The molecule has 0 aliphatic heterocycles. The van der Waals surface area contributed by atoms with Gasteiger partial charge in [0.25, 0.3) is 0 Å². The molecule has 0 saturated carbocycles. The number of nitrogen functional groups attached to an aromatic ring is 2. The fourth-order valence-corrected chi connectivity index (χ4v) is 1.78. The minimum atomic E-state index is 0.637. The van der Waals surface area contributed by atoms with Crippen molar-refractivity contribution in [2.24, 2.45) is 0 Å². The number of rotatable bonds is 2. The van der Waals surface area contributed by atoms with Crippen LogP contribution in [0, 0.1) is 6.92 Å². The molecular formula is C11H15N5. The summed E-state index contributed by atoms with van der Waals surface area (Å²) in [5.41, 5.74) is 13.7. The zero-order chi connectivity index (χ0) is 11.7. The summed E-state index contributed by atoms with van der Waals surface area (Å²) < 4.78 is 2.02. The Morgan fingerprint density at radius 3 is 2.31 bits per heavy atom. The molecule has 1 aromatic heterocycles. The van der Waals surface area contributed by atoms with E-state index in [0.29, 0.717) is 11.4 Å². The Morgan fingerprint density at radius 2 is 1.75 bits per heavy atom. The van der Waals surface area contributed by atoms with Crippen molar-refractivity contribution in [3.8, 4) is 11.4 Å². The lowest BCUT2D eigenvalue weighted by molar-refractivity contribution is 0.737. The molecule has 0 bridgehead atoms. The molecule has 5 heteroatoms. The fraction of sp³-hybridized carbons (Fsp3) is 0.273. The van der Waals surface area contributed by atoms with E-state index in [2.05, 4.69) is 17.1 Å². The minimum absolute atomic E-state index is 0.637. The molecule has 0 unspecified atom stereocenters. The van der Waals surface area contributed by atoms with Crippen LogP contribution in [0.5, 0.6) is 0 Å². The zero-order valence-electron chi connectivity index (χ0n) is 9.44. The maximum atomic E-state index is 5.76. The van der Waals surface area contributed by atoms with Crippen LogP contribution >= 0.6 is 0 Å². The summed E-state index contributed by atoms with van der Waals surface area (Å²) in [6, 6.07) is 5.43. The number of hydrogen-bond donors (Lipinski definition) is 2. The van der Waals surface area contributed by atoms with Crippen molar-refractivity contribution < 1.29 is 0 Å². The number of aryl methyl sites for hydroxylation is 1. The lowest BCUT2D eigenvalue weighted by Crippen LogP contribution is -2.01. The number of benzene rings is 1. The second kappa shape index (κ2) is 3.84. The Morgan fingerprint density at radius 1 is 1.12 bits per heavy atom. The highest BCUT2D eigenvalue weighted by Gasteiger charge is 2.10. The lowest BCUT2D eigenvalue weighted by atomic mass is 10.1. The SMILES string of the molecule is CCn1c(C)nnc1-c1cc(N)cc(N)c1. The third-order valence-electron chi connectivity index (χ3n) is 2.49. The van der Waals surface area contributed by atoms with Crippen molar-refractivity contribution in [2.75, 3.05) is 11.5 Å². The van der Waals surface area contributed by atoms with E-state index < -0.39 is 0 Å². The van der Waals surface area contributed by atoms with Crippen molar-refractivity contribution in [1.82, 2.24) is 14.8 Å². The molecule has 0 fully saturated rings. The van der Waals surface area contributed by atoms with Crippen LogP contribution in [-0.2, 0) is 6.54 Å². The van der Waals surface area contributed by atoms with Crippen LogP contribution in [0.4, 0.5) is 11.4 Å². The topological polar surface area (TPSA) is 82.8 Å². The highest BCUT2D eigenvalue weighted by molar-refractivity contribution is 5.68. The second-order valence-corrected chi connectivity index (χ2v) is 3.70.